The van der Waals surface area contributed by atoms with Gasteiger partial charge in [0.05, 0.1) is 5.75 Å². The third-order valence-corrected chi connectivity index (χ3v) is 4.56. The Labute approximate surface area is 138 Å². The van der Waals surface area contributed by atoms with E-state index in [9.17, 15) is 8.42 Å². The number of allylic oxidation sites excluding steroid dienone is 1. The minimum Gasteiger partial charge on any atom is -0.285 e. The summed E-state index contributed by atoms with van der Waals surface area (Å²) in [7, 11) is -3.83. The summed E-state index contributed by atoms with van der Waals surface area (Å²) in [6.45, 7) is 2.26. The van der Waals surface area contributed by atoms with Crippen molar-refractivity contribution in [3.8, 4) is 0 Å². The molecule has 0 aliphatic carbocycles. The highest BCUT2D eigenvalue weighted by Crippen LogP contribution is 2.12. The van der Waals surface area contributed by atoms with Crippen LogP contribution >= 0.6 is 0 Å². The van der Waals surface area contributed by atoms with Crippen molar-refractivity contribution >= 4 is 10.1 Å². The van der Waals surface area contributed by atoms with Gasteiger partial charge in [0.2, 0.25) is 0 Å². The molecule has 0 radical (unpaired) electrons. The lowest BCUT2D eigenvalue weighted by molar-refractivity contribution is 0.486. The van der Waals surface area contributed by atoms with Gasteiger partial charge in [-0.1, -0.05) is 96.1 Å². The third kappa shape index (κ3) is 19.7. The Morgan fingerprint density at radius 1 is 0.682 bits per heavy atom. The van der Waals surface area contributed by atoms with E-state index < -0.39 is 10.1 Å². The standard InChI is InChI=1S/C18H36O3S/c1-2-3-4-5-6-7-8-9-10-11-12-13-14-15-16-17-18-22(19,20)21/h16-17H,2-15,18H2,1H3,(H,19,20,21)/b17-16-. The van der Waals surface area contributed by atoms with Crippen LogP contribution in [-0.4, -0.2) is 18.7 Å². The van der Waals surface area contributed by atoms with Crippen molar-refractivity contribution < 1.29 is 13.0 Å². The monoisotopic (exact) mass is 332 g/mol. The SMILES string of the molecule is CCCCCCCCCCCCCCC/C=C\CS(=O)(=O)O. The van der Waals surface area contributed by atoms with E-state index in [0.29, 0.717) is 0 Å². The Balaban J connectivity index is 3.11. The Hall–Kier alpha value is -0.350. The minimum absolute atomic E-state index is 0.258. The zero-order valence-corrected chi connectivity index (χ0v) is 15.2. The molecule has 0 saturated heterocycles. The van der Waals surface area contributed by atoms with Crippen LogP contribution in [0.2, 0.25) is 0 Å². The number of rotatable bonds is 16. The van der Waals surface area contributed by atoms with E-state index in [1.807, 2.05) is 6.08 Å². The lowest BCUT2D eigenvalue weighted by Crippen LogP contribution is -1.99. The second kappa shape index (κ2) is 15.5. The molecule has 3 nitrogen and oxygen atoms in total. The maximum atomic E-state index is 10.5. The lowest BCUT2D eigenvalue weighted by Gasteiger charge is -2.02. The molecule has 1 N–H and O–H groups in total. The van der Waals surface area contributed by atoms with Gasteiger partial charge in [-0.05, 0) is 12.8 Å². The van der Waals surface area contributed by atoms with E-state index >= 15 is 0 Å². The van der Waals surface area contributed by atoms with Crippen LogP contribution in [0.5, 0.6) is 0 Å². The third-order valence-electron chi connectivity index (χ3n) is 3.95. The molecule has 0 unspecified atom stereocenters. The van der Waals surface area contributed by atoms with E-state index in [1.165, 1.54) is 83.1 Å². The second-order valence-electron chi connectivity index (χ2n) is 6.25. The van der Waals surface area contributed by atoms with Gasteiger partial charge in [-0.3, -0.25) is 4.55 Å². The molecule has 22 heavy (non-hydrogen) atoms. The molecule has 0 saturated carbocycles. The Morgan fingerprint density at radius 2 is 1.09 bits per heavy atom. The fourth-order valence-electron chi connectivity index (χ4n) is 2.59. The van der Waals surface area contributed by atoms with Gasteiger partial charge in [-0.15, -0.1) is 0 Å². The fraction of sp³-hybridized carbons (Fsp3) is 0.889. The van der Waals surface area contributed by atoms with Crippen molar-refractivity contribution in [1.29, 1.82) is 0 Å². The summed E-state index contributed by atoms with van der Waals surface area (Å²) in [5, 5.41) is 0. The average Bonchev–Trinajstić information content (AvgIpc) is 2.45. The zero-order valence-electron chi connectivity index (χ0n) is 14.4. The van der Waals surface area contributed by atoms with E-state index in [1.54, 1.807) is 0 Å². The second-order valence-corrected chi connectivity index (χ2v) is 7.75. The first-order chi connectivity index (χ1) is 10.6. The van der Waals surface area contributed by atoms with Crippen LogP contribution in [0, 0.1) is 0 Å². The summed E-state index contributed by atoms with van der Waals surface area (Å²) in [4.78, 5) is 0. The summed E-state index contributed by atoms with van der Waals surface area (Å²) in [5.41, 5.74) is 0. The number of unbranched alkanes of at least 4 members (excludes halogenated alkanes) is 13. The Kier molecular flexibility index (Phi) is 15.3. The maximum absolute atomic E-state index is 10.5. The predicted molar refractivity (Wildman–Crippen MR) is 95.9 cm³/mol. The van der Waals surface area contributed by atoms with Crippen LogP contribution in [0.4, 0.5) is 0 Å². The fourth-order valence-corrected chi connectivity index (χ4v) is 2.97. The van der Waals surface area contributed by atoms with Crippen LogP contribution in [0.15, 0.2) is 12.2 Å². The molecular formula is C18H36O3S. The number of hydrogen-bond donors (Lipinski definition) is 1. The first-order valence-electron chi connectivity index (χ1n) is 9.16. The molecule has 0 aromatic heterocycles. The van der Waals surface area contributed by atoms with Crippen LogP contribution in [0.3, 0.4) is 0 Å². The van der Waals surface area contributed by atoms with Gasteiger partial charge in [-0.25, -0.2) is 0 Å². The van der Waals surface area contributed by atoms with Crippen LogP contribution in [0.1, 0.15) is 96.8 Å². The summed E-state index contributed by atoms with van der Waals surface area (Å²) in [5.74, 6) is -0.258. The van der Waals surface area contributed by atoms with E-state index in [-0.39, 0.29) is 5.75 Å². The molecule has 4 heteroatoms. The molecular weight excluding hydrogens is 296 g/mol. The molecule has 0 aromatic rings. The van der Waals surface area contributed by atoms with Crippen LogP contribution < -0.4 is 0 Å². The lowest BCUT2D eigenvalue weighted by atomic mass is 10.0. The van der Waals surface area contributed by atoms with E-state index in [4.69, 9.17) is 4.55 Å². The summed E-state index contributed by atoms with van der Waals surface area (Å²) >= 11 is 0. The molecule has 0 aromatic carbocycles. The van der Waals surface area contributed by atoms with Gasteiger partial charge in [0.15, 0.2) is 0 Å². The highest BCUT2D eigenvalue weighted by atomic mass is 32.2. The number of hydrogen-bond acceptors (Lipinski definition) is 2. The van der Waals surface area contributed by atoms with Gasteiger partial charge >= 0.3 is 0 Å². The van der Waals surface area contributed by atoms with Crippen molar-refractivity contribution in [2.45, 2.75) is 96.8 Å². The van der Waals surface area contributed by atoms with Crippen molar-refractivity contribution in [3.63, 3.8) is 0 Å². The first kappa shape index (κ1) is 21.6. The van der Waals surface area contributed by atoms with Gasteiger partial charge in [0.1, 0.15) is 0 Å². The molecule has 0 fully saturated rings. The quantitative estimate of drug-likeness (QED) is 0.217. The molecule has 0 aliphatic rings. The van der Waals surface area contributed by atoms with Crippen molar-refractivity contribution in [1.82, 2.24) is 0 Å². The summed E-state index contributed by atoms with van der Waals surface area (Å²) in [6.07, 6.45) is 21.7. The molecule has 0 bridgehead atoms. The average molecular weight is 333 g/mol. The molecule has 0 aliphatic heterocycles. The first-order valence-corrected chi connectivity index (χ1v) is 10.8. The van der Waals surface area contributed by atoms with Gasteiger partial charge in [0, 0.05) is 0 Å². The summed E-state index contributed by atoms with van der Waals surface area (Å²) < 4.78 is 29.5. The normalized spacial score (nSPS) is 12.3. The van der Waals surface area contributed by atoms with Crippen molar-refractivity contribution in [3.05, 3.63) is 12.2 Å². The van der Waals surface area contributed by atoms with Gasteiger partial charge in [-0.2, -0.15) is 8.42 Å². The minimum atomic E-state index is -3.83. The van der Waals surface area contributed by atoms with Crippen molar-refractivity contribution in [2.75, 3.05) is 5.75 Å². The Bertz CT molecular complexity index is 347. The molecule has 0 atom stereocenters. The van der Waals surface area contributed by atoms with Crippen LogP contribution in [-0.2, 0) is 10.1 Å². The molecule has 132 valence electrons. The van der Waals surface area contributed by atoms with Crippen molar-refractivity contribution in [2.24, 2.45) is 0 Å². The predicted octanol–water partition coefficient (Wildman–Crippen LogP) is 5.91. The molecule has 0 heterocycles. The van der Waals surface area contributed by atoms with Crippen LogP contribution in [0.25, 0.3) is 0 Å². The Morgan fingerprint density at radius 3 is 1.50 bits per heavy atom. The molecule has 0 rings (SSSR count). The van der Waals surface area contributed by atoms with Gasteiger partial charge < -0.3 is 0 Å². The van der Waals surface area contributed by atoms with E-state index in [0.717, 1.165) is 12.8 Å². The molecule has 0 amide bonds. The highest BCUT2D eigenvalue weighted by molar-refractivity contribution is 7.85. The van der Waals surface area contributed by atoms with E-state index in [2.05, 4.69) is 6.92 Å². The maximum Gasteiger partial charge on any atom is 0.268 e. The molecule has 0 spiro atoms. The summed E-state index contributed by atoms with van der Waals surface area (Å²) in [6, 6.07) is 0. The topological polar surface area (TPSA) is 54.4 Å². The largest absolute Gasteiger partial charge is 0.285 e. The van der Waals surface area contributed by atoms with Gasteiger partial charge in [0.25, 0.3) is 10.1 Å². The smallest absolute Gasteiger partial charge is 0.268 e. The zero-order chi connectivity index (χ0) is 16.5. The highest BCUT2D eigenvalue weighted by Gasteiger charge is 1.98.